The summed E-state index contributed by atoms with van der Waals surface area (Å²) in [6.45, 7) is 5.46. The van der Waals surface area contributed by atoms with E-state index in [1.807, 2.05) is 19.9 Å². The van der Waals surface area contributed by atoms with E-state index in [1.54, 1.807) is 6.92 Å². The van der Waals surface area contributed by atoms with Crippen LogP contribution in [0.15, 0.2) is 10.5 Å². The lowest BCUT2D eigenvalue weighted by molar-refractivity contribution is -0.141. The van der Waals surface area contributed by atoms with Gasteiger partial charge in [0.05, 0.1) is 12.1 Å². The number of carbonyl (C=O) groups is 2. The number of carboxylic acids is 1. The molecule has 1 aliphatic heterocycles. The molecule has 0 aromatic carbocycles. The number of furan rings is 1. The van der Waals surface area contributed by atoms with Gasteiger partial charge in [-0.1, -0.05) is 0 Å². The van der Waals surface area contributed by atoms with Gasteiger partial charge in [0.15, 0.2) is 0 Å². The highest BCUT2D eigenvalue weighted by Gasteiger charge is 2.39. The molecular formula is C14H20N2O5. The Bertz CT molecular complexity index is 554. The number of aliphatic hydroxyl groups is 1. The quantitative estimate of drug-likeness (QED) is 0.777. The van der Waals surface area contributed by atoms with Gasteiger partial charge < -0.3 is 24.8 Å². The Labute approximate surface area is 122 Å². The van der Waals surface area contributed by atoms with Crippen molar-refractivity contribution < 1.29 is 24.2 Å². The van der Waals surface area contributed by atoms with Crippen LogP contribution in [0.5, 0.6) is 0 Å². The highest BCUT2D eigenvalue weighted by Crippen LogP contribution is 2.23. The van der Waals surface area contributed by atoms with Crippen LogP contribution in [0.2, 0.25) is 0 Å². The van der Waals surface area contributed by atoms with Crippen molar-refractivity contribution in [1.82, 2.24) is 10.2 Å². The molecule has 0 radical (unpaired) electrons. The maximum atomic E-state index is 12.2. The van der Waals surface area contributed by atoms with Crippen LogP contribution in [0, 0.1) is 13.8 Å². The number of likely N-dealkylation sites (tertiary alicyclic amines) is 1. The first-order valence-corrected chi connectivity index (χ1v) is 6.84. The summed E-state index contributed by atoms with van der Waals surface area (Å²) in [5, 5.41) is 21.4. The number of β-amino-alcohol motifs (C(OH)–C–C–N with tert-alkyl or cyclic N) is 1. The molecule has 3 atom stereocenters. The molecule has 2 heterocycles. The van der Waals surface area contributed by atoms with Gasteiger partial charge in [-0.25, -0.2) is 9.59 Å². The van der Waals surface area contributed by atoms with Crippen LogP contribution in [-0.4, -0.2) is 45.8 Å². The van der Waals surface area contributed by atoms with Crippen LogP contribution >= 0.6 is 0 Å². The Morgan fingerprint density at radius 1 is 1.48 bits per heavy atom. The van der Waals surface area contributed by atoms with Gasteiger partial charge in [-0.3, -0.25) is 0 Å². The highest BCUT2D eigenvalue weighted by atomic mass is 16.4. The van der Waals surface area contributed by atoms with Gasteiger partial charge in [0.25, 0.3) is 0 Å². The number of urea groups is 1. The predicted molar refractivity (Wildman–Crippen MR) is 73.9 cm³/mol. The van der Waals surface area contributed by atoms with Crippen LogP contribution in [-0.2, 0) is 4.79 Å². The van der Waals surface area contributed by atoms with Crippen molar-refractivity contribution in [2.45, 2.75) is 45.4 Å². The molecule has 0 spiro atoms. The molecule has 1 aromatic heterocycles. The highest BCUT2D eigenvalue weighted by molar-refractivity contribution is 5.83. The average molecular weight is 296 g/mol. The summed E-state index contributed by atoms with van der Waals surface area (Å²) in [7, 11) is 0. The Morgan fingerprint density at radius 2 is 2.14 bits per heavy atom. The number of aryl methyl sites for hydroxylation is 2. The first-order valence-electron chi connectivity index (χ1n) is 6.84. The van der Waals surface area contributed by atoms with Gasteiger partial charge in [-0.05, 0) is 26.8 Å². The summed E-state index contributed by atoms with van der Waals surface area (Å²) in [6.07, 6.45) is -0.744. The van der Waals surface area contributed by atoms with Crippen molar-refractivity contribution >= 4 is 12.0 Å². The number of amides is 2. The number of nitrogens with one attached hydrogen (secondary N) is 1. The molecule has 1 aromatic rings. The van der Waals surface area contributed by atoms with Crippen molar-refractivity contribution in [3.05, 3.63) is 23.2 Å². The molecule has 1 unspecified atom stereocenters. The van der Waals surface area contributed by atoms with Crippen molar-refractivity contribution in [3.63, 3.8) is 0 Å². The van der Waals surface area contributed by atoms with E-state index in [1.165, 1.54) is 0 Å². The Hall–Kier alpha value is -2.02. The van der Waals surface area contributed by atoms with E-state index < -0.39 is 24.1 Å². The number of carboxylic acid groups (broad SMARTS) is 1. The number of carbonyl (C=O) groups excluding carboxylic acids is 1. The zero-order valence-corrected chi connectivity index (χ0v) is 12.3. The van der Waals surface area contributed by atoms with E-state index in [0.29, 0.717) is 0 Å². The van der Waals surface area contributed by atoms with E-state index >= 15 is 0 Å². The molecule has 0 aliphatic carbocycles. The topological polar surface area (TPSA) is 103 Å². The summed E-state index contributed by atoms with van der Waals surface area (Å²) in [5.74, 6) is 0.366. The summed E-state index contributed by atoms with van der Waals surface area (Å²) >= 11 is 0. The molecule has 0 saturated carbocycles. The van der Waals surface area contributed by atoms with E-state index in [2.05, 4.69) is 5.32 Å². The molecule has 2 amide bonds. The van der Waals surface area contributed by atoms with Crippen molar-refractivity contribution in [2.75, 3.05) is 6.54 Å². The average Bonchev–Trinajstić information content (AvgIpc) is 2.92. The van der Waals surface area contributed by atoms with Crippen molar-refractivity contribution in [2.24, 2.45) is 0 Å². The number of nitrogens with zero attached hydrogens (tertiary/aromatic N) is 1. The summed E-state index contributed by atoms with van der Waals surface area (Å²) in [4.78, 5) is 24.5. The number of aliphatic hydroxyl groups excluding tert-OH is 1. The lowest BCUT2D eigenvalue weighted by Crippen LogP contribution is -2.46. The second-order valence-electron chi connectivity index (χ2n) is 5.44. The normalized spacial score (nSPS) is 23.1. The maximum Gasteiger partial charge on any atom is 0.326 e. The molecule has 7 heteroatoms. The van der Waals surface area contributed by atoms with Crippen LogP contribution in [0.3, 0.4) is 0 Å². The van der Waals surface area contributed by atoms with Gasteiger partial charge in [0, 0.05) is 18.5 Å². The summed E-state index contributed by atoms with van der Waals surface area (Å²) in [5.41, 5.74) is 0.854. The zero-order chi connectivity index (χ0) is 15.7. The van der Waals surface area contributed by atoms with Crippen LogP contribution in [0.25, 0.3) is 0 Å². The molecule has 1 aliphatic rings. The van der Waals surface area contributed by atoms with E-state index in [9.17, 15) is 14.7 Å². The Morgan fingerprint density at radius 3 is 2.67 bits per heavy atom. The molecule has 7 nitrogen and oxygen atoms in total. The largest absolute Gasteiger partial charge is 0.480 e. The van der Waals surface area contributed by atoms with Gasteiger partial charge in [-0.2, -0.15) is 0 Å². The van der Waals surface area contributed by atoms with Crippen molar-refractivity contribution in [1.29, 1.82) is 0 Å². The predicted octanol–water partition coefficient (Wildman–Crippen LogP) is 1.19. The monoisotopic (exact) mass is 296 g/mol. The second kappa shape index (κ2) is 5.77. The van der Waals surface area contributed by atoms with E-state index in [-0.39, 0.29) is 19.0 Å². The molecular weight excluding hydrogens is 276 g/mol. The van der Waals surface area contributed by atoms with Crippen LogP contribution < -0.4 is 5.32 Å². The molecule has 1 fully saturated rings. The number of hydrogen-bond donors (Lipinski definition) is 3. The van der Waals surface area contributed by atoms with Crippen molar-refractivity contribution in [3.8, 4) is 0 Å². The van der Waals surface area contributed by atoms with Crippen LogP contribution in [0.1, 0.15) is 36.5 Å². The minimum absolute atomic E-state index is 0.0267. The lowest BCUT2D eigenvalue weighted by atomic mass is 10.1. The first-order chi connectivity index (χ1) is 9.79. The minimum Gasteiger partial charge on any atom is -0.480 e. The molecule has 3 N–H and O–H groups in total. The molecule has 116 valence electrons. The third-order valence-corrected chi connectivity index (χ3v) is 3.71. The smallest absolute Gasteiger partial charge is 0.326 e. The summed E-state index contributed by atoms with van der Waals surface area (Å²) in [6, 6.07) is 0.0552. The van der Waals surface area contributed by atoms with Crippen LogP contribution in [0.4, 0.5) is 4.79 Å². The minimum atomic E-state index is -1.11. The Kier molecular flexibility index (Phi) is 4.22. The SMILES string of the molecule is Cc1cc(C(C)NC(=O)N2C[C@H](O)C[C@H]2C(=O)O)c(C)o1. The molecule has 2 rings (SSSR count). The fourth-order valence-corrected chi connectivity index (χ4v) is 2.70. The van der Waals surface area contributed by atoms with Gasteiger partial charge in [0.1, 0.15) is 17.6 Å². The third-order valence-electron chi connectivity index (χ3n) is 3.71. The van der Waals surface area contributed by atoms with E-state index in [4.69, 9.17) is 9.52 Å². The van der Waals surface area contributed by atoms with Gasteiger partial charge >= 0.3 is 12.0 Å². The number of rotatable bonds is 3. The fraction of sp³-hybridized carbons (Fsp3) is 0.571. The van der Waals surface area contributed by atoms with Gasteiger partial charge in [0.2, 0.25) is 0 Å². The van der Waals surface area contributed by atoms with Gasteiger partial charge in [-0.15, -0.1) is 0 Å². The summed E-state index contributed by atoms with van der Waals surface area (Å²) < 4.78 is 5.42. The molecule has 0 bridgehead atoms. The number of hydrogen-bond acceptors (Lipinski definition) is 4. The Balaban J connectivity index is 2.07. The van der Waals surface area contributed by atoms with E-state index in [0.717, 1.165) is 22.0 Å². The molecule has 21 heavy (non-hydrogen) atoms. The standard InChI is InChI=1S/C14H20N2O5/c1-7-4-11(9(3)21-7)8(2)15-14(20)16-6-10(17)5-12(16)13(18)19/h4,8,10,12,17H,5-6H2,1-3H3,(H,15,20)(H,18,19)/t8?,10-,12+/m1/s1. The first kappa shape index (κ1) is 15.4. The third kappa shape index (κ3) is 3.18. The second-order valence-corrected chi connectivity index (χ2v) is 5.44. The number of aliphatic carboxylic acids is 1. The molecule has 1 saturated heterocycles. The fourth-order valence-electron chi connectivity index (χ4n) is 2.70. The zero-order valence-electron chi connectivity index (χ0n) is 12.3. The maximum absolute atomic E-state index is 12.2. The lowest BCUT2D eigenvalue weighted by Gasteiger charge is -2.24.